The topological polar surface area (TPSA) is 91.0 Å². The van der Waals surface area contributed by atoms with E-state index in [1.165, 1.54) is 6.07 Å². The highest BCUT2D eigenvalue weighted by Gasteiger charge is 2.10. The number of rotatable bonds is 7. The molecule has 0 saturated heterocycles. The minimum Gasteiger partial charge on any atom is -0.449 e. The molecule has 0 aliphatic rings. The maximum absolute atomic E-state index is 12.3. The summed E-state index contributed by atoms with van der Waals surface area (Å²) in [6.45, 7) is 8.39. The molecule has 0 bridgehead atoms. The third kappa shape index (κ3) is 5.56. The highest BCUT2D eigenvalue weighted by atomic mass is 16.5. The van der Waals surface area contributed by atoms with Gasteiger partial charge in [0.2, 0.25) is 5.43 Å². The molecule has 0 spiro atoms. The molecule has 2 heterocycles. The molecule has 1 amide bonds. The second-order valence-electron chi connectivity index (χ2n) is 7.84. The van der Waals surface area contributed by atoms with Crippen LogP contribution in [0.4, 0.5) is 10.5 Å². The summed E-state index contributed by atoms with van der Waals surface area (Å²) in [6, 6.07) is 9.03. The average molecular weight is 409 g/mol. The molecule has 3 aromatic rings. The number of hydrogen-bond acceptors (Lipinski definition) is 5. The largest absolute Gasteiger partial charge is 0.449 e. The first kappa shape index (κ1) is 21.3. The number of ether oxygens (including phenoxy) is 1. The number of carbonyl (C=O) groups excluding carboxylic acids is 1. The van der Waals surface area contributed by atoms with Crippen LogP contribution >= 0.6 is 0 Å². The van der Waals surface area contributed by atoms with Crippen LogP contribution in [0.3, 0.4) is 0 Å². The fourth-order valence-electron chi connectivity index (χ4n) is 2.79. The molecule has 8 nitrogen and oxygen atoms in total. The predicted molar refractivity (Wildman–Crippen MR) is 115 cm³/mol. The number of aromatic nitrogens is 4. The average Bonchev–Trinajstić information content (AvgIpc) is 3.19. The van der Waals surface area contributed by atoms with Gasteiger partial charge in [-0.1, -0.05) is 26.0 Å². The summed E-state index contributed by atoms with van der Waals surface area (Å²) in [5, 5.41) is 11.5. The van der Waals surface area contributed by atoms with E-state index in [9.17, 15) is 9.59 Å². The van der Waals surface area contributed by atoms with Crippen LogP contribution in [-0.2, 0) is 11.2 Å². The van der Waals surface area contributed by atoms with E-state index >= 15 is 0 Å². The van der Waals surface area contributed by atoms with Crippen molar-refractivity contribution in [3.8, 4) is 5.69 Å². The fourth-order valence-corrected chi connectivity index (χ4v) is 2.79. The van der Waals surface area contributed by atoms with Crippen molar-refractivity contribution >= 4 is 11.8 Å². The Kier molecular flexibility index (Phi) is 6.66. The quantitative estimate of drug-likeness (QED) is 0.641. The summed E-state index contributed by atoms with van der Waals surface area (Å²) in [5.74, 6) is 0.265. The lowest BCUT2D eigenvalue weighted by atomic mass is 10.1. The molecule has 0 unspecified atom stereocenters. The van der Waals surface area contributed by atoms with Gasteiger partial charge in [0.25, 0.3) is 0 Å². The molecule has 2 aromatic heterocycles. The second-order valence-corrected chi connectivity index (χ2v) is 7.84. The van der Waals surface area contributed by atoms with Crippen molar-refractivity contribution in [3.63, 3.8) is 0 Å². The highest BCUT2D eigenvalue weighted by molar-refractivity contribution is 5.84. The number of nitrogens with one attached hydrogen (secondary N) is 1. The highest BCUT2D eigenvalue weighted by Crippen LogP contribution is 2.14. The minimum atomic E-state index is -0.497. The normalized spacial score (nSPS) is 11.1. The van der Waals surface area contributed by atoms with Crippen molar-refractivity contribution in [1.82, 2.24) is 19.6 Å². The van der Waals surface area contributed by atoms with Crippen LogP contribution in [0.2, 0.25) is 0 Å². The van der Waals surface area contributed by atoms with E-state index in [2.05, 4.69) is 15.5 Å². The van der Waals surface area contributed by atoms with E-state index in [4.69, 9.17) is 4.74 Å². The van der Waals surface area contributed by atoms with Gasteiger partial charge in [-0.2, -0.15) is 10.2 Å². The Labute approximate surface area is 175 Å². The first-order valence-corrected chi connectivity index (χ1v) is 9.98. The Morgan fingerprint density at radius 2 is 2.00 bits per heavy atom. The Morgan fingerprint density at radius 3 is 2.70 bits per heavy atom. The summed E-state index contributed by atoms with van der Waals surface area (Å²) in [6.07, 6.45) is 5.08. The summed E-state index contributed by atoms with van der Waals surface area (Å²) >= 11 is 0. The Hall–Kier alpha value is -3.42. The van der Waals surface area contributed by atoms with Crippen molar-refractivity contribution < 1.29 is 9.53 Å². The van der Waals surface area contributed by atoms with Gasteiger partial charge in [0.15, 0.2) is 0 Å². The Balaban J connectivity index is 1.76. The number of nitrogens with zero attached hydrogens (tertiary/aromatic N) is 4. The molecule has 158 valence electrons. The van der Waals surface area contributed by atoms with E-state index < -0.39 is 6.09 Å². The minimum absolute atomic E-state index is 0.141. The number of carbonyl (C=O) groups is 1. The maximum atomic E-state index is 12.3. The summed E-state index contributed by atoms with van der Waals surface area (Å²) in [4.78, 5) is 24.2. The van der Waals surface area contributed by atoms with Gasteiger partial charge < -0.3 is 4.74 Å². The van der Waals surface area contributed by atoms with Gasteiger partial charge in [-0.15, -0.1) is 0 Å². The molecule has 0 radical (unpaired) electrons. The molecule has 0 fully saturated rings. The van der Waals surface area contributed by atoms with Crippen molar-refractivity contribution in [2.45, 2.75) is 40.2 Å². The zero-order valence-electron chi connectivity index (χ0n) is 17.7. The van der Waals surface area contributed by atoms with E-state index in [0.29, 0.717) is 24.4 Å². The van der Waals surface area contributed by atoms with E-state index in [-0.39, 0.29) is 17.4 Å². The SMILES string of the molecule is CC(C)COC(=O)Nc1cccc(Cc2nn(-c3cnn(C(C)C)c3)ccc2=O)c1. The van der Waals surface area contributed by atoms with Crippen LogP contribution in [0.15, 0.2) is 53.7 Å². The van der Waals surface area contributed by atoms with E-state index in [0.717, 1.165) is 11.3 Å². The van der Waals surface area contributed by atoms with Crippen LogP contribution in [0, 0.1) is 5.92 Å². The van der Waals surface area contributed by atoms with Crippen LogP contribution < -0.4 is 10.7 Å². The summed E-state index contributed by atoms with van der Waals surface area (Å²) in [7, 11) is 0. The molecule has 8 heteroatoms. The first-order chi connectivity index (χ1) is 14.3. The van der Waals surface area contributed by atoms with Gasteiger partial charge in [0, 0.05) is 30.4 Å². The number of amides is 1. The molecule has 3 rings (SSSR count). The molecule has 0 aliphatic carbocycles. The van der Waals surface area contributed by atoms with Gasteiger partial charge in [-0.3, -0.25) is 14.8 Å². The molecule has 30 heavy (non-hydrogen) atoms. The number of benzene rings is 1. The van der Waals surface area contributed by atoms with Crippen molar-refractivity contribution in [1.29, 1.82) is 0 Å². The van der Waals surface area contributed by atoms with Crippen molar-refractivity contribution in [2.24, 2.45) is 5.92 Å². The molecular formula is C22H27N5O3. The van der Waals surface area contributed by atoms with Gasteiger partial charge in [-0.05, 0) is 37.5 Å². The lowest BCUT2D eigenvalue weighted by molar-refractivity contribution is 0.147. The summed E-state index contributed by atoms with van der Waals surface area (Å²) < 4.78 is 8.63. The second kappa shape index (κ2) is 9.39. The van der Waals surface area contributed by atoms with Gasteiger partial charge in [0.1, 0.15) is 11.4 Å². The zero-order chi connectivity index (χ0) is 21.7. The van der Waals surface area contributed by atoms with Gasteiger partial charge >= 0.3 is 6.09 Å². The zero-order valence-corrected chi connectivity index (χ0v) is 17.7. The fraction of sp³-hybridized carbons (Fsp3) is 0.364. The van der Waals surface area contributed by atoms with E-state index in [1.807, 2.05) is 56.8 Å². The van der Waals surface area contributed by atoms with Crippen molar-refractivity contribution in [2.75, 3.05) is 11.9 Å². The standard InChI is InChI=1S/C22H27N5O3/c1-15(2)14-30-22(29)24-18-7-5-6-17(10-18)11-20-21(28)8-9-26(25-20)19-12-23-27(13-19)16(3)4/h5-10,12-13,15-16H,11,14H2,1-4H3,(H,24,29). The van der Waals surface area contributed by atoms with Crippen molar-refractivity contribution in [3.05, 3.63) is 70.4 Å². The van der Waals surface area contributed by atoms with Crippen LogP contribution in [-0.4, -0.2) is 32.3 Å². The maximum Gasteiger partial charge on any atom is 0.411 e. The monoisotopic (exact) mass is 409 g/mol. The lowest BCUT2D eigenvalue weighted by Crippen LogP contribution is -2.17. The van der Waals surface area contributed by atoms with Crippen LogP contribution in [0.25, 0.3) is 5.69 Å². The lowest BCUT2D eigenvalue weighted by Gasteiger charge is -2.10. The predicted octanol–water partition coefficient (Wildman–Crippen LogP) is 3.81. The Morgan fingerprint density at radius 1 is 1.20 bits per heavy atom. The first-order valence-electron chi connectivity index (χ1n) is 9.98. The molecule has 0 atom stereocenters. The number of hydrogen-bond donors (Lipinski definition) is 1. The third-order valence-electron chi connectivity index (χ3n) is 4.35. The Bertz CT molecular complexity index is 1070. The van der Waals surface area contributed by atoms with Crippen LogP contribution in [0.5, 0.6) is 0 Å². The van der Waals surface area contributed by atoms with Gasteiger partial charge in [0.05, 0.1) is 19.0 Å². The molecule has 1 N–H and O–H groups in total. The van der Waals surface area contributed by atoms with E-state index in [1.54, 1.807) is 23.1 Å². The third-order valence-corrected chi connectivity index (χ3v) is 4.35. The molecule has 0 saturated carbocycles. The molecular weight excluding hydrogens is 382 g/mol. The number of anilines is 1. The smallest absolute Gasteiger partial charge is 0.411 e. The molecule has 1 aromatic carbocycles. The van der Waals surface area contributed by atoms with Gasteiger partial charge in [-0.25, -0.2) is 9.48 Å². The van der Waals surface area contributed by atoms with Crippen LogP contribution in [0.1, 0.15) is 45.0 Å². The molecule has 0 aliphatic heterocycles. The summed E-state index contributed by atoms with van der Waals surface area (Å²) in [5.41, 5.74) is 2.52.